The number of urea groups is 1. The average Bonchev–Trinajstić information content (AvgIpc) is 3.13. The van der Waals surface area contributed by atoms with E-state index in [4.69, 9.17) is 10.5 Å². The monoisotopic (exact) mass is 512 g/mol. The van der Waals surface area contributed by atoms with Crippen LogP contribution in [0.15, 0.2) is 47.2 Å². The van der Waals surface area contributed by atoms with Crippen LogP contribution in [-0.2, 0) is 9.53 Å². The van der Waals surface area contributed by atoms with Gasteiger partial charge in [0.05, 0.1) is 19.7 Å². The van der Waals surface area contributed by atoms with E-state index >= 15 is 0 Å². The maximum Gasteiger partial charge on any atom is 0.319 e. The Hall–Kier alpha value is -2.84. The number of Topliss-reactive ketones (excluding diaryl/α,β-unsaturated/α-hetero) is 1. The molecule has 8 nitrogen and oxygen atoms in total. The zero-order chi connectivity index (χ0) is 27.4. The number of ether oxygens (including phenoxy) is 1. The number of hydrogen-bond acceptors (Lipinski definition) is 6. The Morgan fingerprint density at radius 3 is 2.19 bits per heavy atom. The van der Waals surface area contributed by atoms with Gasteiger partial charge >= 0.3 is 6.03 Å². The van der Waals surface area contributed by atoms with E-state index in [0.717, 1.165) is 49.8 Å². The molecule has 5 N–H and O–H groups in total. The Labute approximate surface area is 221 Å². The first-order valence-corrected chi connectivity index (χ1v) is 13.2. The highest BCUT2D eigenvalue weighted by Gasteiger charge is 2.55. The summed E-state index contributed by atoms with van der Waals surface area (Å²) < 4.78 is 5.87. The predicted octanol–water partition coefficient (Wildman–Crippen LogP) is 4.36. The maximum atomic E-state index is 13.4. The number of anilines is 2. The van der Waals surface area contributed by atoms with Gasteiger partial charge in [0.1, 0.15) is 5.76 Å². The van der Waals surface area contributed by atoms with Crippen LogP contribution in [0.4, 0.5) is 16.2 Å². The minimum Gasteiger partial charge on any atom is -0.497 e. The molecule has 3 rings (SSSR count). The van der Waals surface area contributed by atoms with E-state index in [-0.39, 0.29) is 12.5 Å². The molecule has 0 saturated heterocycles. The minimum absolute atomic E-state index is 0.0667. The normalized spacial score (nSPS) is 23.1. The predicted molar refractivity (Wildman–Crippen MR) is 148 cm³/mol. The fourth-order valence-electron chi connectivity index (χ4n) is 5.63. The smallest absolute Gasteiger partial charge is 0.319 e. The van der Waals surface area contributed by atoms with Crippen molar-refractivity contribution in [1.29, 1.82) is 0 Å². The molecule has 2 amide bonds. The summed E-state index contributed by atoms with van der Waals surface area (Å²) in [5.41, 5.74) is 6.11. The second-order valence-electron chi connectivity index (χ2n) is 11.4. The average molecular weight is 513 g/mol. The molecule has 0 aromatic heterocycles. The lowest BCUT2D eigenvalue weighted by Gasteiger charge is -2.47. The lowest BCUT2D eigenvalue weighted by Crippen LogP contribution is -2.64. The Bertz CT molecular complexity index is 1030. The topological polar surface area (TPSA) is 117 Å². The molecule has 8 heteroatoms. The van der Waals surface area contributed by atoms with Gasteiger partial charge in [-0.25, -0.2) is 4.79 Å². The Morgan fingerprint density at radius 1 is 1.11 bits per heavy atom. The van der Waals surface area contributed by atoms with Crippen molar-refractivity contribution >= 4 is 23.2 Å². The zero-order valence-electron chi connectivity index (χ0n) is 23.2. The largest absolute Gasteiger partial charge is 0.497 e. The van der Waals surface area contributed by atoms with Crippen LogP contribution in [0.3, 0.4) is 0 Å². The number of benzene rings is 1. The first-order chi connectivity index (χ1) is 17.4. The zero-order valence-corrected chi connectivity index (χ0v) is 23.2. The van der Waals surface area contributed by atoms with Crippen LogP contribution in [0.2, 0.25) is 0 Å². The van der Waals surface area contributed by atoms with Gasteiger partial charge < -0.3 is 31.1 Å². The van der Waals surface area contributed by atoms with E-state index < -0.39 is 28.9 Å². The van der Waals surface area contributed by atoms with E-state index in [1.54, 1.807) is 13.2 Å². The molecule has 2 aliphatic rings. The first-order valence-electron chi connectivity index (χ1n) is 13.2. The first kappa shape index (κ1) is 28.7. The second-order valence-corrected chi connectivity index (χ2v) is 11.4. The van der Waals surface area contributed by atoms with Crippen molar-refractivity contribution in [2.75, 3.05) is 38.0 Å². The number of hydrogen-bond donors (Lipinski definition) is 4. The van der Waals surface area contributed by atoms with Gasteiger partial charge in [-0.05, 0) is 60.1 Å². The summed E-state index contributed by atoms with van der Waals surface area (Å²) >= 11 is 0. The lowest BCUT2D eigenvalue weighted by atomic mass is 9.64. The van der Waals surface area contributed by atoms with Gasteiger partial charge in [0, 0.05) is 31.0 Å². The number of nitrogens with zero attached hydrogens (tertiary/aromatic N) is 1. The third-order valence-corrected chi connectivity index (χ3v) is 7.55. The number of aliphatic hydroxyl groups is 1. The van der Waals surface area contributed by atoms with Crippen molar-refractivity contribution in [3.63, 3.8) is 0 Å². The third kappa shape index (κ3) is 6.18. The van der Waals surface area contributed by atoms with Gasteiger partial charge in [0.25, 0.3) is 0 Å². The fourth-order valence-corrected chi connectivity index (χ4v) is 5.63. The highest BCUT2D eigenvalue weighted by atomic mass is 16.5. The minimum atomic E-state index is -2.00. The molecule has 2 aliphatic carbocycles. The summed E-state index contributed by atoms with van der Waals surface area (Å²) in [7, 11) is 5.49. The number of ketones is 1. The number of allylic oxidation sites excluding steroid dienone is 1. The Balaban J connectivity index is 2.08. The van der Waals surface area contributed by atoms with Crippen molar-refractivity contribution < 1.29 is 19.4 Å². The molecule has 37 heavy (non-hydrogen) atoms. The van der Waals surface area contributed by atoms with Crippen LogP contribution < -0.4 is 21.3 Å². The van der Waals surface area contributed by atoms with Crippen molar-refractivity contribution in [3.05, 3.63) is 47.2 Å². The molecule has 1 aromatic carbocycles. The van der Waals surface area contributed by atoms with Crippen molar-refractivity contribution in [3.8, 4) is 0 Å². The fraction of sp³-hybridized carbons (Fsp3) is 0.586. The molecular weight excluding hydrogens is 468 g/mol. The van der Waals surface area contributed by atoms with E-state index in [2.05, 4.69) is 10.6 Å². The van der Waals surface area contributed by atoms with Crippen LogP contribution in [0.5, 0.6) is 0 Å². The summed E-state index contributed by atoms with van der Waals surface area (Å²) in [5, 5.41) is 18.1. The van der Waals surface area contributed by atoms with Gasteiger partial charge in [0.2, 0.25) is 0 Å². The van der Waals surface area contributed by atoms with Crippen LogP contribution in [0, 0.1) is 11.3 Å². The number of methoxy groups -OCH3 is 1. The molecule has 0 spiro atoms. The molecule has 0 aliphatic heterocycles. The number of amides is 2. The van der Waals surface area contributed by atoms with E-state index in [9.17, 15) is 14.7 Å². The lowest BCUT2D eigenvalue weighted by molar-refractivity contribution is -0.135. The summed E-state index contributed by atoms with van der Waals surface area (Å²) in [6, 6.07) is 5.92. The number of nitrogens with one attached hydrogen (secondary N) is 2. The number of carbonyl (C=O) groups excluding carboxylic acids is 2. The maximum absolute atomic E-state index is 13.4. The SMILES string of the molecule is COC1=C(C2CCCCCC2)C(NC(=O)Nc2ccc(N(C)C)cc2)C(O)(C(=O)CN)C(C(C)(C)C)=C1. The Morgan fingerprint density at radius 2 is 1.70 bits per heavy atom. The summed E-state index contributed by atoms with van der Waals surface area (Å²) in [5.74, 6) is 0.138. The molecule has 0 bridgehead atoms. The van der Waals surface area contributed by atoms with Gasteiger partial charge in [0.15, 0.2) is 11.4 Å². The van der Waals surface area contributed by atoms with E-state index in [1.807, 2.05) is 64.0 Å². The molecule has 0 heterocycles. The quantitative estimate of drug-likeness (QED) is 0.404. The molecule has 2 atom stereocenters. The molecular formula is C29H44N4O4. The molecule has 1 fully saturated rings. The molecule has 2 unspecified atom stereocenters. The van der Waals surface area contributed by atoms with Crippen LogP contribution in [0.25, 0.3) is 0 Å². The van der Waals surface area contributed by atoms with Crippen molar-refractivity contribution in [2.24, 2.45) is 17.1 Å². The third-order valence-electron chi connectivity index (χ3n) is 7.55. The van der Waals surface area contributed by atoms with Crippen LogP contribution in [0.1, 0.15) is 59.3 Å². The summed E-state index contributed by atoms with van der Waals surface area (Å²) in [6.07, 6.45) is 7.97. The highest BCUT2D eigenvalue weighted by molar-refractivity contribution is 5.97. The van der Waals surface area contributed by atoms with Gasteiger partial charge in [-0.1, -0.05) is 46.5 Å². The van der Waals surface area contributed by atoms with Gasteiger partial charge in [-0.15, -0.1) is 0 Å². The number of carbonyl (C=O) groups is 2. The van der Waals surface area contributed by atoms with E-state index in [0.29, 0.717) is 17.0 Å². The van der Waals surface area contributed by atoms with Crippen LogP contribution in [-0.4, -0.2) is 56.3 Å². The van der Waals surface area contributed by atoms with Gasteiger partial charge in [-0.2, -0.15) is 0 Å². The summed E-state index contributed by atoms with van der Waals surface area (Å²) in [4.78, 5) is 28.8. The van der Waals surface area contributed by atoms with Crippen molar-refractivity contribution in [2.45, 2.75) is 70.9 Å². The standard InChI is InChI=1S/C29H44N4O4/c1-28(2,3)23-17-22(37-6)25(19-11-9-7-8-10-12-19)26(29(23,36)24(34)18-30)32-27(35)31-20-13-15-21(16-14-20)33(4)5/h13-17,19,26,36H,7-12,18,30H2,1-6H3,(H2,31,32,35). The highest BCUT2D eigenvalue weighted by Crippen LogP contribution is 2.47. The summed E-state index contributed by atoms with van der Waals surface area (Å²) in [6.45, 7) is 5.44. The number of rotatable bonds is 7. The molecule has 1 saturated carbocycles. The number of nitrogens with two attached hydrogens (primary N) is 1. The van der Waals surface area contributed by atoms with Gasteiger partial charge in [-0.3, -0.25) is 4.79 Å². The van der Waals surface area contributed by atoms with E-state index in [1.165, 1.54) is 0 Å². The van der Waals surface area contributed by atoms with Crippen molar-refractivity contribution in [1.82, 2.24) is 5.32 Å². The second kappa shape index (κ2) is 11.7. The molecule has 1 aromatic rings. The van der Waals surface area contributed by atoms with Crippen LogP contribution >= 0.6 is 0 Å². The molecule has 0 radical (unpaired) electrons. The molecule has 204 valence electrons. The Kier molecular flexibility index (Phi) is 9.08.